The van der Waals surface area contributed by atoms with Crippen molar-refractivity contribution in [3.05, 3.63) is 64.9 Å². The van der Waals surface area contributed by atoms with Crippen molar-refractivity contribution in [3.8, 4) is 17.1 Å². The van der Waals surface area contributed by atoms with Crippen molar-refractivity contribution in [3.63, 3.8) is 0 Å². The number of ether oxygens (including phenoxy) is 1. The summed E-state index contributed by atoms with van der Waals surface area (Å²) >= 11 is 3.43. The fourth-order valence-corrected chi connectivity index (χ4v) is 2.71. The summed E-state index contributed by atoms with van der Waals surface area (Å²) in [5.41, 5.74) is 1.72. The Bertz CT molecular complexity index is 863. The van der Waals surface area contributed by atoms with E-state index < -0.39 is 0 Å². The van der Waals surface area contributed by atoms with Gasteiger partial charge in [0.05, 0.1) is 5.69 Å². The van der Waals surface area contributed by atoms with E-state index in [-0.39, 0.29) is 11.7 Å². The molecule has 0 bridgehead atoms. The maximum atomic E-state index is 12.4. The summed E-state index contributed by atoms with van der Waals surface area (Å²) in [6.07, 6.45) is 0.737. The normalized spacial score (nSPS) is 10.7. The Balaban J connectivity index is 1.93. The van der Waals surface area contributed by atoms with Crippen LogP contribution in [-0.2, 0) is 4.74 Å². The van der Waals surface area contributed by atoms with Crippen LogP contribution in [0.25, 0.3) is 17.1 Å². The summed E-state index contributed by atoms with van der Waals surface area (Å²) in [4.78, 5) is 16.9. The Labute approximate surface area is 160 Å². The van der Waals surface area contributed by atoms with Crippen molar-refractivity contribution in [2.75, 3.05) is 20.3 Å². The Morgan fingerprint density at radius 1 is 1.15 bits per heavy atom. The van der Waals surface area contributed by atoms with Gasteiger partial charge in [-0.1, -0.05) is 46.3 Å². The third-order valence-corrected chi connectivity index (χ3v) is 4.25. The molecule has 1 heterocycles. The van der Waals surface area contributed by atoms with Gasteiger partial charge in [-0.05, 0) is 30.7 Å². The second-order valence-electron chi connectivity index (χ2n) is 5.62. The van der Waals surface area contributed by atoms with Gasteiger partial charge in [0.15, 0.2) is 5.82 Å². The first kappa shape index (κ1) is 18.3. The molecule has 1 N–H and O–H groups in total. The van der Waals surface area contributed by atoms with Crippen LogP contribution in [0.15, 0.2) is 59.1 Å². The topological polar surface area (TPSA) is 69.0 Å². The fraction of sp³-hybridized carbons (Fsp3) is 0.211. The number of aromatic nitrogens is 3. The molecule has 6 nitrogen and oxygen atoms in total. The predicted molar refractivity (Wildman–Crippen MR) is 103 cm³/mol. The number of halogens is 1. The smallest absolute Gasteiger partial charge is 0.290 e. The van der Waals surface area contributed by atoms with Crippen LogP contribution in [0.1, 0.15) is 17.0 Å². The lowest BCUT2D eigenvalue weighted by Crippen LogP contribution is -2.26. The minimum atomic E-state index is -0.297. The number of nitrogens with one attached hydrogen (secondary N) is 1. The number of hydrogen-bond donors (Lipinski definition) is 1. The van der Waals surface area contributed by atoms with Crippen LogP contribution in [0.5, 0.6) is 0 Å². The zero-order valence-corrected chi connectivity index (χ0v) is 15.9. The first-order chi connectivity index (χ1) is 12.7. The summed E-state index contributed by atoms with van der Waals surface area (Å²) in [6, 6.07) is 17.4. The highest BCUT2D eigenvalue weighted by Crippen LogP contribution is 2.22. The first-order valence-corrected chi connectivity index (χ1v) is 9.04. The Morgan fingerprint density at radius 3 is 2.58 bits per heavy atom. The zero-order valence-electron chi connectivity index (χ0n) is 14.4. The lowest BCUT2D eigenvalue weighted by Gasteiger charge is -2.05. The number of amides is 1. The van der Waals surface area contributed by atoms with E-state index >= 15 is 0 Å². The summed E-state index contributed by atoms with van der Waals surface area (Å²) in [6.45, 7) is 1.11. The molecule has 0 fully saturated rings. The van der Waals surface area contributed by atoms with Crippen LogP contribution in [-0.4, -0.2) is 40.9 Å². The van der Waals surface area contributed by atoms with Crippen molar-refractivity contribution >= 4 is 21.8 Å². The van der Waals surface area contributed by atoms with Crippen LogP contribution in [0.3, 0.4) is 0 Å². The molecule has 0 unspecified atom stereocenters. The molecule has 0 saturated carbocycles. The molecule has 134 valence electrons. The van der Waals surface area contributed by atoms with Gasteiger partial charge in [0, 0.05) is 30.3 Å². The third-order valence-electron chi connectivity index (χ3n) is 3.72. The van der Waals surface area contributed by atoms with Gasteiger partial charge >= 0.3 is 0 Å². The van der Waals surface area contributed by atoms with Crippen molar-refractivity contribution in [1.82, 2.24) is 20.1 Å². The van der Waals surface area contributed by atoms with Crippen LogP contribution in [0.4, 0.5) is 0 Å². The molecule has 0 aliphatic rings. The maximum absolute atomic E-state index is 12.4. The van der Waals surface area contributed by atoms with Gasteiger partial charge in [-0.25, -0.2) is 9.67 Å². The molecule has 0 atom stereocenters. The van der Waals surface area contributed by atoms with Crippen LogP contribution >= 0.6 is 15.9 Å². The van der Waals surface area contributed by atoms with E-state index in [0.717, 1.165) is 22.1 Å². The molecule has 2 aromatic carbocycles. The predicted octanol–water partition coefficient (Wildman–Crippen LogP) is 3.46. The van der Waals surface area contributed by atoms with Crippen molar-refractivity contribution in [2.45, 2.75) is 6.42 Å². The number of carbonyl (C=O) groups is 1. The molecule has 26 heavy (non-hydrogen) atoms. The highest BCUT2D eigenvalue weighted by atomic mass is 79.9. The van der Waals surface area contributed by atoms with Gasteiger partial charge in [-0.2, -0.15) is 0 Å². The first-order valence-electron chi connectivity index (χ1n) is 8.24. The maximum Gasteiger partial charge on any atom is 0.290 e. The number of benzene rings is 2. The minimum absolute atomic E-state index is 0.143. The van der Waals surface area contributed by atoms with Gasteiger partial charge < -0.3 is 10.1 Å². The molecule has 3 rings (SSSR count). The highest BCUT2D eigenvalue weighted by molar-refractivity contribution is 9.10. The van der Waals surface area contributed by atoms with Crippen LogP contribution in [0.2, 0.25) is 0 Å². The molecule has 1 amide bonds. The van der Waals surface area contributed by atoms with E-state index in [4.69, 9.17) is 4.74 Å². The van der Waals surface area contributed by atoms with E-state index in [2.05, 4.69) is 31.3 Å². The van der Waals surface area contributed by atoms with Crippen molar-refractivity contribution < 1.29 is 9.53 Å². The monoisotopic (exact) mass is 414 g/mol. The summed E-state index contributed by atoms with van der Waals surface area (Å²) in [5.74, 6) is 0.466. The van der Waals surface area contributed by atoms with Gasteiger partial charge in [-0.3, -0.25) is 4.79 Å². The minimum Gasteiger partial charge on any atom is -0.385 e. The van der Waals surface area contributed by atoms with Crippen molar-refractivity contribution in [2.24, 2.45) is 0 Å². The lowest BCUT2D eigenvalue weighted by molar-refractivity contribution is 0.0938. The van der Waals surface area contributed by atoms with Crippen molar-refractivity contribution in [1.29, 1.82) is 0 Å². The van der Waals surface area contributed by atoms with E-state index in [1.54, 1.807) is 11.8 Å². The average Bonchev–Trinajstić information content (AvgIpc) is 3.12. The molecule has 1 aromatic heterocycles. The summed E-state index contributed by atoms with van der Waals surface area (Å²) in [7, 11) is 1.63. The van der Waals surface area contributed by atoms with Gasteiger partial charge in [0.1, 0.15) is 0 Å². The highest BCUT2D eigenvalue weighted by Gasteiger charge is 2.18. The fourth-order valence-electron chi connectivity index (χ4n) is 2.44. The number of methoxy groups -OCH3 is 1. The van der Waals surface area contributed by atoms with E-state index in [0.29, 0.717) is 19.0 Å². The summed E-state index contributed by atoms with van der Waals surface area (Å²) in [5, 5.41) is 7.25. The Kier molecular flexibility index (Phi) is 6.14. The molecule has 3 aromatic rings. The molecule has 0 saturated heterocycles. The molecule has 0 radical (unpaired) electrons. The largest absolute Gasteiger partial charge is 0.385 e. The van der Waals surface area contributed by atoms with E-state index in [1.807, 2.05) is 54.6 Å². The molecular formula is C19H19BrN4O2. The quantitative estimate of drug-likeness (QED) is 0.600. The average molecular weight is 415 g/mol. The molecule has 0 aliphatic heterocycles. The Morgan fingerprint density at radius 2 is 1.88 bits per heavy atom. The Hall–Kier alpha value is -2.51. The molecule has 7 heteroatoms. The van der Waals surface area contributed by atoms with Gasteiger partial charge in [0.25, 0.3) is 5.91 Å². The number of hydrogen-bond acceptors (Lipinski definition) is 4. The van der Waals surface area contributed by atoms with Crippen LogP contribution in [0, 0.1) is 0 Å². The molecular weight excluding hydrogens is 396 g/mol. The summed E-state index contributed by atoms with van der Waals surface area (Å²) < 4.78 is 7.64. The van der Waals surface area contributed by atoms with E-state index in [1.165, 1.54) is 0 Å². The molecule has 0 spiro atoms. The van der Waals surface area contributed by atoms with Gasteiger partial charge in [-0.15, -0.1) is 5.10 Å². The van der Waals surface area contributed by atoms with E-state index in [9.17, 15) is 4.79 Å². The van der Waals surface area contributed by atoms with Crippen LogP contribution < -0.4 is 5.32 Å². The van der Waals surface area contributed by atoms with Gasteiger partial charge in [0.2, 0.25) is 5.82 Å². The number of rotatable bonds is 7. The second kappa shape index (κ2) is 8.73. The number of carbonyl (C=O) groups excluding carboxylic acids is 1. The third kappa shape index (κ3) is 4.36. The SMILES string of the molecule is COCCCNC(=O)c1nc(-c2ccccc2)n(-c2ccc(Br)cc2)n1. The zero-order chi connectivity index (χ0) is 18.4. The molecule has 0 aliphatic carbocycles. The standard InChI is InChI=1S/C19H19BrN4O2/c1-26-13-5-12-21-19(25)17-22-18(14-6-3-2-4-7-14)24(23-17)16-10-8-15(20)9-11-16/h2-4,6-11H,5,12-13H2,1H3,(H,21,25). The lowest BCUT2D eigenvalue weighted by atomic mass is 10.2. The second-order valence-corrected chi connectivity index (χ2v) is 6.53. The number of nitrogens with zero attached hydrogens (tertiary/aromatic N) is 3.